The fourth-order valence-corrected chi connectivity index (χ4v) is 2.88. The summed E-state index contributed by atoms with van der Waals surface area (Å²) in [6.45, 7) is 2.07. The van der Waals surface area contributed by atoms with Crippen molar-refractivity contribution in [3.63, 3.8) is 0 Å². The first-order valence-corrected chi connectivity index (χ1v) is 10.2. The molecular weight excluding hydrogens is 449 g/mol. The minimum atomic E-state index is -0.936. The maximum Gasteiger partial charge on any atom is 0.329 e. The number of carbonyl (C=O) groups is 2. The van der Waals surface area contributed by atoms with Crippen LogP contribution < -0.4 is 20.2 Å². The predicted octanol–water partition coefficient (Wildman–Crippen LogP) is 4.46. The van der Waals surface area contributed by atoms with Gasteiger partial charge in [0.2, 0.25) is 0 Å². The third-order valence-corrected chi connectivity index (χ3v) is 4.92. The molecule has 0 saturated carbocycles. The number of hydrazone groups is 1. The minimum absolute atomic E-state index is 0.238. The molecule has 0 aliphatic carbocycles. The van der Waals surface area contributed by atoms with Crippen molar-refractivity contribution in [2.24, 2.45) is 5.10 Å². The number of ether oxygens (including phenoxy) is 2. The van der Waals surface area contributed by atoms with Crippen LogP contribution in [0, 0.1) is 12.7 Å². The number of methoxy groups -OCH3 is 1. The van der Waals surface area contributed by atoms with Gasteiger partial charge in [-0.15, -0.1) is 0 Å². The lowest BCUT2D eigenvalue weighted by Crippen LogP contribution is -2.32. The lowest BCUT2D eigenvalue weighted by Gasteiger charge is -2.11. The molecule has 9 heteroatoms. The van der Waals surface area contributed by atoms with Crippen LogP contribution in [0.4, 0.5) is 10.1 Å². The smallest absolute Gasteiger partial charge is 0.329 e. The number of anilines is 1. The molecule has 0 spiro atoms. The molecule has 0 aromatic heterocycles. The summed E-state index contributed by atoms with van der Waals surface area (Å²) in [5.74, 6) is -1.20. The average Bonchev–Trinajstić information content (AvgIpc) is 2.81. The number of hydrogen-bond acceptors (Lipinski definition) is 5. The van der Waals surface area contributed by atoms with E-state index in [1.54, 1.807) is 48.5 Å². The Labute approximate surface area is 195 Å². The Balaban J connectivity index is 1.56. The molecule has 3 aromatic carbocycles. The summed E-state index contributed by atoms with van der Waals surface area (Å²) in [6.07, 6.45) is 1.36. The maximum absolute atomic E-state index is 13.0. The van der Waals surface area contributed by atoms with Gasteiger partial charge in [0.1, 0.15) is 12.4 Å². The highest BCUT2D eigenvalue weighted by Gasteiger charge is 2.13. The van der Waals surface area contributed by atoms with E-state index in [0.717, 1.165) is 11.1 Å². The van der Waals surface area contributed by atoms with Crippen LogP contribution in [0.3, 0.4) is 0 Å². The zero-order valence-corrected chi connectivity index (χ0v) is 18.7. The molecule has 2 amide bonds. The Morgan fingerprint density at radius 1 is 1.03 bits per heavy atom. The Kier molecular flexibility index (Phi) is 7.99. The molecule has 3 aromatic rings. The number of aryl methyl sites for hydroxylation is 1. The highest BCUT2D eigenvalue weighted by molar-refractivity contribution is 6.39. The van der Waals surface area contributed by atoms with Crippen LogP contribution in [0.15, 0.2) is 65.8 Å². The van der Waals surface area contributed by atoms with Crippen LogP contribution in [-0.2, 0) is 16.2 Å². The van der Waals surface area contributed by atoms with Gasteiger partial charge < -0.3 is 14.8 Å². The minimum Gasteiger partial charge on any atom is -0.493 e. The van der Waals surface area contributed by atoms with Gasteiger partial charge >= 0.3 is 11.8 Å². The SMILES string of the molecule is COc1cc(/C=N\NC(=O)C(=O)Nc2ccc(C)c(Cl)c2)ccc1OCc1ccc(F)cc1. The number of nitrogens with zero attached hydrogens (tertiary/aromatic N) is 1. The van der Waals surface area contributed by atoms with E-state index in [1.807, 2.05) is 6.92 Å². The summed E-state index contributed by atoms with van der Waals surface area (Å²) in [5, 5.41) is 6.72. The van der Waals surface area contributed by atoms with Crippen molar-refractivity contribution in [1.82, 2.24) is 5.43 Å². The lowest BCUT2D eigenvalue weighted by molar-refractivity contribution is -0.136. The highest BCUT2D eigenvalue weighted by atomic mass is 35.5. The van der Waals surface area contributed by atoms with Gasteiger partial charge in [-0.25, -0.2) is 9.82 Å². The molecule has 3 rings (SSSR count). The Hall–Kier alpha value is -3.91. The summed E-state index contributed by atoms with van der Waals surface area (Å²) in [4.78, 5) is 24.0. The quantitative estimate of drug-likeness (QED) is 0.303. The number of nitrogens with one attached hydrogen (secondary N) is 2. The van der Waals surface area contributed by atoms with Gasteiger partial charge in [0, 0.05) is 10.7 Å². The van der Waals surface area contributed by atoms with E-state index < -0.39 is 11.8 Å². The van der Waals surface area contributed by atoms with E-state index in [4.69, 9.17) is 21.1 Å². The first kappa shape index (κ1) is 23.7. The molecular formula is C24H21ClFN3O4. The second-order valence-electron chi connectivity index (χ2n) is 6.94. The van der Waals surface area contributed by atoms with Crippen molar-refractivity contribution in [2.75, 3.05) is 12.4 Å². The van der Waals surface area contributed by atoms with Crippen molar-refractivity contribution in [2.45, 2.75) is 13.5 Å². The molecule has 0 unspecified atom stereocenters. The topological polar surface area (TPSA) is 89.0 Å². The summed E-state index contributed by atoms with van der Waals surface area (Å²) < 4.78 is 24.1. The molecule has 0 fully saturated rings. The summed E-state index contributed by atoms with van der Waals surface area (Å²) in [5.41, 5.74) is 4.82. The van der Waals surface area contributed by atoms with Crippen LogP contribution in [0.25, 0.3) is 0 Å². The van der Waals surface area contributed by atoms with Gasteiger partial charge in [0.15, 0.2) is 11.5 Å². The van der Waals surface area contributed by atoms with E-state index in [2.05, 4.69) is 15.8 Å². The highest BCUT2D eigenvalue weighted by Crippen LogP contribution is 2.28. The second kappa shape index (κ2) is 11.1. The Bertz CT molecular complexity index is 1180. The molecule has 0 atom stereocenters. The van der Waals surface area contributed by atoms with Crippen LogP contribution in [0.2, 0.25) is 5.02 Å². The van der Waals surface area contributed by atoms with Crippen molar-refractivity contribution in [3.05, 3.63) is 88.2 Å². The number of benzene rings is 3. The number of carbonyl (C=O) groups excluding carboxylic acids is 2. The standard InChI is InChI=1S/C24H21ClFN3O4/c1-15-3-9-19(12-20(15)25)28-23(30)24(31)29-27-13-17-6-10-21(22(11-17)32-2)33-14-16-4-7-18(26)8-5-16/h3-13H,14H2,1-2H3,(H,28,30)(H,29,31)/b27-13-. The third-order valence-electron chi connectivity index (χ3n) is 4.51. The molecule has 7 nitrogen and oxygen atoms in total. The van der Waals surface area contributed by atoms with E-state index >= 15 is 0 Å². The molecule has 0 saturated heterocycles. The van der Waals surface area contributed by atoms with Crippen LogP contribution >= 0.6 is 11.6 Å². The lowest BCUT2D eigenvalue weighted by atomic mass is 10.2. The molecule has 0 heterocycles. The van der Waals surface area contributed by atoms with Gasteiger partial charge in [-0.2, -0.15) is 5.10 Å². The molecule has 0 bridgehead atoms. The van der Waals surface area contributed by atoms with Gasteiger partial charge in [-0.1, -0.05) is 29.8 Å². The molecule has 2 N–H and O–H groups in total. The molecule has 0 aliphatic heterocycles. The van der Waals surface area contributed by atoms with Gasteiger partial charge in [-0.05, 0) is 66.1 Å². The first-order valence-electron chi connectivity index (χ1n) is 9.81. The average molecular weight is 470 g/mol. The summed E-state index contributed by atoms with van der Waals surface area (Å²) >= 11 is 6.01. The van der Waals surface area contributed by atoms with E-state index in [-0.39, 0.29) is 12.4 Å². The number of hydrogen-bond donors (Lipinski definition) is 2. The third kappa shape index (κ3) is 6.78. The van der Waals surface area contributed by atoms with Gasteiger partial charge in [0.25, 0.3) is 0 Å². The molecule has 170 valence electrons. The van der Waals surface area contributed by atoms with Crippen molar-refractivity contribution < 1.29 is 23.5 Å². The summed E-state index contributed by atoms with van der Waals surface area (Å²) in [7, 11) is 1.49. The van der Waals surface area contributed by atoms with Gasteiger partial charge in [-0.3, -0.25) is 9.59 Å². The Morgan fingerprint density at radius 2 is 1.79 bits per heavy atom. The van der Waals surface area contributed by atoms with Crippen LogP contribution in [0.1, 0.15) is 16.7 Å². The van der Waals surface area contributed by atoms with E-state index in [1.165, 1.54) is 25.5 Å². The van der Waals surface area contributed by atoms with Crippen LogP contribution in [-0.4, -0.2) is 25.1 Å². The fourth-order valence-electron chi connectivity index (χ4n) is 2.70. The van der Waals surface area contributed by atoms with Crippen molar-refractivity contribution in [1.29, 1.82) is 0 Å². The first-order chi connectivity index (χ1) is 15.9. The van der Waals surface area contributed by atoms with E-state index in [9.17, 15) is 14.0 Å². The van der Waals surface area contributed by atoms with Crippen molar-refractivity contribution in [3.8, 4) is 11.5 Å². The largest absolute Gasteiger partial charge is 0.493 e. The summed E-state index contributed by atoms with van der Waals surface area (Å²) in [6, 6.07) is 16.0. The maximum atomic E-state index is 13.0. The zero-order chi connectivity index (χ0) is 23.8. The van der Waals surface area contributed by atoms with Crippen molar-refractivity contribution >= 4 is 35.3 Å². The molecule has 0 radical (unpaired) electrons. The van der Waals surface area contributed by atoms with Crippen LogP contribution in [0.5, 0.6) is 11.5 Å². The molecule has 0 aliphatic rings. The monoisotopic (exact) mass is 469 g/mol. The zero-order valence-electron chi connectivity index (χ0n) is 17.9. The second-order valence-corrected chi connectivity index (χ2v) is 7.35. The number of halogens is 2. The molecule has 33 heavy (non-hydrogen) atoms. The predicted molar refractivity (Wildman–Crippen MR) is 124 cm³/mol. The van der Waals surface area contributed by atoms with Gasteiger partial charge in [0.05, 0.1) is 13.3 Å². The van der Waals surface area contributed by atoms with E-state index in [0.29, 0.717) is 27.8 Å². The Morgan fingerprint density at radius 3 is 2.48 bits per heavy atom. The number of amides is 2. The normalized spacial score (nSPS) is 10.7. The fraction of sp³-hybridized carbons (Fsp3) is 0.125. The number of rotatable bonds is 7.